The molecule has 0 aliphatic carbocycles. The van der Waals surface area contributed by atoms with Crippen molar-refractivity contribution in [2.75, 3.05) is 11.2 Å². The first-order chi connectivity index (χ1) is 14.7. The molecule has 0 bridgehead atoms. The van der Waals surface area contributed by atoms with Crippen molar-refractivity contribution in [3.05, 3.63) is 89.0 Å². The Balaban J connectivity index is 1.82. The van der Waals surface area contributed by atoms with Crippen LogP contribution in [-0.4, -0.2) is 25.6 Å². The highest BCUT2D eigenvalue weighted by molar-refractivity contribution is 7.90. The smallest absolute Gasteiger partial charge is 0.260 e. The quantitative estimate of drug-likeness (QED) is 0.421. The van der Waals surface area contributed by atoms with Crippen LogP contribution in [0.4, 0.5) is 5.13 Å². The standard InChI is InChI=1S/C24H22N2O3S2/c1-16-12-17(2)22-21(13-16)25-24(30-22)26(15-18-8-5-4-6-9-18)23(27)19-10-7-11-20(14-19)31(3,28)29/h4-14H,15H2,1-3H3. The number of amides is 1. The lowest BCUT2D eigenvalue weighted by Crippen LogP contribution is -2.30. The van der Waals surface area contributed by atoms with Gasteiger partial charge in [0.05, 0.1) is 21.7 Å². The molecule has 4 rings (SSSR count). The van der Waals surface area contributed by atoms with Gasteiger partial charge in [-0.25, -0.2) is 13.4 Å². The number of rotatable bonds is 5. The molecule has 5 nitrogen and oxygen atoms in total. The fourth-order valence-electron chi connectivity index (χ4n) is 3.49. The third-order valence-electron chi connectivity index (χ3n) is 4.98. The fraction of sp³-hybridized carbons (Fsp3) is 0.167. The summed E-state index contributed by atoms with van der Waals surface area (Å²) in [5.74, 6) is -0.289. The Bertz CT molecular complexity index is 1380. The number of hydrogen-bond acceptors (Lipinski definition) is 5. The van der Waals surface area contributed by atoms with Gasteiger partial charge in [-0.1, -0.05) is 53.8 Å². The minimum Gasteiger partial charge on any atom is -0.279 e. The lowest BCUT2D eigenvalue weighted by Gasteiger charge is -2.20. The average molecular weight is 451 g/mol. The summed E-state index contributed by atoms with van der Waals surface area (Å²) in [6, 6.07) is 20.0. The van der Waals surface area contributed by atoms with E-state index in [1.165, 1.54) is 23.5 Å². The van der Waals surface area contributed by atoms with Crippen LogP contribution < -0.4 is 4.90 Å². The summed E-state index contributed by atoms with van der Waals surface area (Å²) in [5.41, 5.74) is 4.36. The zero-order chi connectivity index (χ0) is 22.2. The van der Waals surface area contributed by atoms with Crippen LogP contribution in [0.5, 0.6) is 0 Å². The van der Waals surface area contributed by atoms with Gasteiger partial charge < -0.3 is 0 Å². The van der Waals surface area contributed by atoms with E-state index in [1.807, 2.05) is 50.2 Å². The van der Waals surface area contributed by atoms with Gasteiger partial charge in [-0.3, -0.25) is 9.69 Å². The van der Waals surface area contributed by atoms with Crippen molar-refractivity contribution in [3.8, 4) is 0 Å². The second-order valence-corrected chi connectivity index (χ2v) is 10.6. The maximum absolute atomic E-state index is 13.6. The Morgan fingerprint density at radius 3 is 2.45 bits per heavy atom. The molecule has 1 heterocycles. The molecular weight excluding hydrogens is 428 g/mol. The molecule has 158 valence electrons. The van der Waals surface area contributed by atoms with E-state index in [0.717, 1.165) is 33.2 Å². The highest BCUT2D eigenvalue weighted by Gasteiger charge is 2.23. The molecule has 3 aromatic carbocycles. The van der Waals surface area contributed by atoms with Crippen molar-refractivity contribution in [2.24, 2.45) is 0 Å². The van der Waals surface area contributed by atoms with Gasteiger partial charge in [-0.15, -0.1) is 0 Å². The van der Waals surface area contributed by atoms with Crippen LogP contribution in [0.3, 0.4) is 0 Å². The van der Waals surface area contributed by atoms with Gasteiger partial charge >= 0.3 is 0 Å². The molecule has 0 N–H and O–H groups in total. The summed E-state index contributed by atoms with van der Waals surface area (Å²) in [5, 5.41) is 0.585. The van der Waals surface area contributed by atoms with E-state index in [2.05, 4.69) is 6.07 Å². The molecule has 0 saturated heterocycles. The molecule has 0 spiro atoms. The monoisotopic (exact) mass is 450 g/mol. The zero-order valence-corrected chi connectivity index (χ0v) is 19.1. The van der Waals surface area contributed by atoms with Gasteiger partial charge in [0.25, 0.3) is 5.91 Å². The van der Waals surface area contributed by atoms with Crippen LogP contribution in [0.25, 0.3) is 10.2 Å². The molecule has 7 heteroatoms. The number of carbonyl (C=O) groups excluding carboxylic acids is 1. The second-order valence-electron chi connectivity index (χ2n) is 7.60. The van der Waals surface area contributed by atoms with Gasteiger partial charge in [-0.2, -0.15) is 0 Å². The second kappa shape index (κ2) is 8.24. The van der Waals surface area contributed by atoms with E-state index in [0.29, 0.717) is 17.2 Å². The molecule has 1 aromatic heterocycles. The number of benzene rings is 3. The van der Waals surface area contributed by atoms with Crippen molar-refractivity contribution in [1.29, 1.82) is 0 Å². The van der Waals surface area contributed by atoms with Gasteiger partial charge in [0, 0.05) is 11.8 Å². The van der Waals surface area contributed by atoms with Crippen LogP contribution in [0.2, 0.25) is 0 Å². The summed E-state index contributed by atoms with van der Waals surface area (Å²) < 4.78 is 25.0. The molecule has 1 amide bonds. The summed E-state index contributed by atoms with van der Waals surface area (Å²) >= 11 is 1.47. The predicted molar refractivity (Wildman–Crippen MR) is 126 cm³/mol. The SMILES string of the molecule is Cc1cc(C)c2sc(N(Cc3ccccc3)C(=O)c3cccc(S(C)(=O)=O)c3)nc2c1. The first kappa shape index (κ1) is 21.2. The van der Waals surface area contributed by atoms with Crippen LogP contribution in [0.15, 0.2) is 71.6 Å². The molecule has 0 aliphatic heterocycles. The highest BCUT2D eigenvalue weighted by Crippen LogP contribution is 2.33. The van der Waals surface area contributed by atoms with Crippen molar-refractivity contribution in [3.63, 3.8) is 0 Å². The number of anilines is 1. The van der Waals surface area contributed by atoms with Crippen molar-refractivity contribution < 1.29 is 13.2 Å². The highest BCUT2D eigenvalue weighted by atomic mass is 32.2. The van der Waals surface area contributed by atoms with Crippen LogP contribution in [0.1, 0.15) is 27.0 Å². The summed E-state index contributed by atoms with van der Waals surface area (Å²) in [4.78, 5) is 20.0. The molecule has 31 heavy (non-hydrogen) atoms. The topological polar surface area (TPSA) is 67.3 Å². The Morgan fingerprint density at radius 2 is 1.74 bits per heavy atom. The molecule has 0 unspecified atom stereocenters. The normalized spacial score (nSPS) is 11.6. The number of aryl methyl sites for hydroxylation is 2. The Kier molecular flexibility index (Phi) is 5.64. The third-order valence-corrected chi connectivity index (χ3v) is 7.32. The van der Waals surface area contributed by atoms with Gasteiger partial charge in [0.15, 0.2) is 15.0 Å². The number of nitrogens with zero attached hydrogens (tertiary/aromatic N) is 2. The molecule has 0 aliphatic rings. The number of sulfone groups is 1. The van der Waals surface area contributed by atoms with Crippen molar-refractivity contribution in [1.82, 2.24) is 4.98 Å². The molecular formula is C24H22N2O3S2. The van der Waals surface area contributed by atoms with Crippen LogP contribution in [-0.2, 0) is 16.4 Å². The zero-order valence-electron chi connectivity index (χ0n) is 17.5. The molecule has 0 fully saturated rings. The molecule has 0 saturated carbocycles. The third kappa shape index (κ3) is 4.52. The largest absolute Gasteiger partial charge is 0.279 e. The van der Waals surface area contributed by atoms with E-state index in [4.69, 9.17) is 4.98 Å². The van der Waals surface area contributed by atoms with Gasteiger partial charge in [-0.05, 0) is 54.8 Å². The first-order valence-electron chi connectivity index (χ1n) is 9.76. The summed E-state index contributed by atoms with van der Waals surface area (Å²) in [7, 11) is -3.42. The van der Waals surface area contributed by atoms with Crippen molar-refractivity contribution >= 4 is 42.4 Å². The van der Waals surface area contributed by atoms with E-state index in [1.54, 1.807) is 17.0 Å². The van der Waals surface area contributed by atoms with Gasteiger partial charge in [0.1, 0.15) is 0 Å². The average Bonchev–Trinajstić information content (AvgIpc) is 3.16. The van der Waals surface area contributed by atoms with E-state index in [9.17, 15) is 13.2 Å². The van der Waals surface area contributed by atoms with Crippen LogP contribution in [0, 0.1) is 13.8 Å². The first-order valence-corrected chi connectivity index (χ1v) is 12.5. The lowest BCUT2D eigenvalue weighted by molar-refractivity contribution is 0.0985. The minimum atomic E-state index is -3.42. The Hall–Kier alpha value is -3.03. The molecule has 4 aromatic rings. The number of hydrogen-bond donors (Lipinski definition) is 0. The summed E-state index contributed by atoms with van der Waals surface area (Å²) in [6.45, 7) is 4.39. The maximum Gasteiger partial charge on any atom is 0.260 e. The molecule has 0 atom stereocenters. The maximum atomic E-state index is 13.6. The number of carbonyl (C=O) groups is 1. The van der Waals surface area contributed by atoms with Crippen LogP contribution >= 0.6 is 11.3 Å². The van der Waals surface area contributed by atoms with E-state index < -0.39 is 9.84 Å². The fourth-order valence-corrected chi connectivity index (χ4v) is 5.17. The predicted octanol–water partition coefficient (Wildman–Crippen LogP) is 5.16. The summed E-state index contributed by atoms with van der Waals surface area (Å²) in [6.07, 6.45) is 1.14. The number of fused-ring (bicyclic) bond motifs is 1. The Morgan fingerprint density at radius 1 is 1.00 bits per heavy atom. The van der Waals surface area contributed by atoms with Gasteiger partial charge in [0.2, 0.25) is 0 Å². The Labute approximate surface area is 185 Å². The van der Waals surface area contributed by atoms with Crippen molar-refractivity contribution in [2.45, 2.75) is 25.3 Å². The lowest BCUT2D eigenvalue weighted by atomic mass is 10.1. The molecule has 0 radical (unpaired) electrons. The minimum absolute atomic E-state index is 0.119. The van der Waals surface area contributed by atoms with E-state index >= 15 is 0 Å². The van der Waals surface area contributed by atoms with E-state index in [-0.39, 0.29) is 10.8 Å². The number of aromatic nitrogens is 1. The number of thiazole rings is 1.